The van der Waals surface area contributed by atoms with Crippen LogP contribution >= 0.6 is 23.4 Å². The van der Waals surface area contributed by atoms with Gasteiger partial charge in [0.05, 0.1) is 5.75 Å². The SMILES string of the molecule is Cc1ccc(Cl)cc1NC(=O)CSc1n[nH]c(=O)n1CCc1ccccc1. The normalized spacial score (nSPS) is 10.7. The van der Waals surface area contributed by atoms with E-state index >= 15 is 0 Å². The number of aromatic nitrogens is 3. The summed E-state index contributed by atoms with van der Waals surface area (Å²) in [5.41, 5.74) is 2.46. The fourth-order valence-corrected chi connectivity index (χ4v) is 3.49. The summed E-state index contributed by atoms with van der Waals surface area (Å²) in [6.07, 6.45) is 0.710. The number of benzene rings is 2. The van der Waals surface area contributed by atoms with E-state index in [4.69, 9.17) is 11.6 Å². The van der Waals surface area contributed by atoms with E-state index in [0.717, 1.165) is 11.1 Å². The van der Waals surface area contributed by atoms with Crippen molar-refractivity contribution in [2.45, 2.75) is 25.0 Å². The average Bonchev–Trinajstić information content (AvgIpc) is 3.02. The lowest BCUT2D eigenvalue weighted by molar-refractivity contribution is -0.113. The van der Waals surface area contributed by atoms with E-state index in [1.54, 1.807) is 16.7 Å². The third-order valence-electron chi connectivity index (χ3n) is 4.00. The molecule has 6 nitrogen and oxygen atoms in total. The lowest BCUT2D eigenvalue weighted by Crippen LogP contribution is -2.20. The average molecular weight is 403 g/mol. The Balaban J connectivity index is 1.60. The van der Waals surface area contributed by atoms with E-state index in [0.29, 0.717) is 28.8 Å². The molecular weight excluding hydrogens is 384 g/mol. The lowest BCUT2D eigenvalue weighted by atomic mass is 10.1. The van der Waals surface area contributed by atoms with Gasteiger partial charge in [-0.15, -0.1) is 5.10 Å². The summed E-state index contributed by atoms with van der Waals surface area (Å²) < 4.78 is 1.55. The van der Waals surface area contributed by atoms with Crippen LogP contribution in [0, 0.1) is 6.92 Å². The number of amides is 1. The van der Waals surface area contributed by atoms with E-state index in [2.05, 4.69) is 15.5 Å². The van der Waals surface area contributed by atoms with Gasteiger partial charge in [0, 0.05) is 17.3 Å². The van der Waals surface area contributed by atoms with E-state index in [9.17, 15) is 9.59 Å². The summed E-state index contributed by atoms with van der Waals surface area (Å²) in [6, 6.07) is 15.2. The first-order valence-corrected chi connectivity index (χ1v) is 9.77. The van der Waals surface area contributed by atoms with Crippen LogP contribution in [0.1, 0.15) is 11.1 Å². The van der Waals surface area contributed by atoms with Crippen molar-refractivity contribution in [3.63, 3.8) is 0 Å². The highest BCUT2D eigenvalue weighted by atomic mass is 35.5. The number of nitrogens with zero attached hydrogens (tertiary/aromatic N) is 2. The summed E-state index contributed by atoms with van der Waals surface area (Å²) >= 11 is 7.19. The number of aryl methyl sites for hydroxylation is 2. The van der Waals surface area contributed by atoms with Gasteiger partial charge < -0.3 is 5.32 Å². The van der Waals surface area contributed by atoms with Gasteiger partial charge in [0.2, 0.25) is 5.91 Å². The van der Waals surface area contributed by atoms with Gasteiger partial charge in [0.15, 0.2) is 5.16 Å². The summed E-state index contributed by atoms with van der Waals surface area (Å²) in [6.45, 7) is 2.39. The number of hydrogen-bond acceptors (Lipinski definition) is 4. The third kappa shape index (κ3) is 5.24. The van der Waals surface area contributed by atoms with Crippen LogP contribution in [-0.4, -0.2) is 26.4 Å². The highest BCUT2D eigenvalue weighted by Gasteiger charge is 2.12. The molecule has 0 spiro atoms. The zero-order valence-electron chi connectivity index (χ0n) is 14.7. The Kier molecular flexibility index (Phi) is 6.36. The molecular formula is C19H19ClN4O2S. The van der Waals surface area contributed by atoms with Crippen molar-refractivity contribution in [1.82, 2.24) is 14.8 Å². The maximum atomic E-state index is 12.2. The lowest BCUT2D eigenvalue weighted by Gasteiger charge is -2.09. The molecule has 27 heavy (non-hydrogen) atoms. The highest BCUT2D eigenvalue weighted by Crippen LogP contribution is 2.21. The number of carbonyl (C=O) groups excluding carboxylic acids is 1. The molecule has 140 valence electrons. The zero-order chi connectivity index (χ0) is 19.2. The van der Waals surface area contributed by atoms with Gasteiger partial charge >= 0.3 is 5.69 Å². The van der Waals surface area contributed by atoms with Gasteiger partial charge in [-0.1, -0.05) is 59.8 Å². The summed E-state index contributed by atoms with van der Waals surface area (Å²) in [4.78, 5) is 24.2. The second kappa shape index (κ2) is 8.92. The van der Waals surface area contributed by atoms with Gasteiger partial charge in [-0.2, -0.15) is 0 Å². The molecule has 0 fully saturated rings. The minimum Gasteiger partial charge on any atom is -0.325 e. The van der Waals surface area contributed by atoms with Crippen LogP contribution in [0.15, 0.2) is 58.5 Å². The van der Waals surface area contributed by atoms with E-state index in [1.165, 1.54) is 11.8 Å². The Morgan fingerprint density at radius 3 is 2.81 bits per heavy atom. The van der Waals surface area contributed by atoms with Crippen molar-refractivity contribution >= 4 is 35.0 Å². The maximum absolute atomic E-state index is 12.2. The Bertz CT molecular complexity index is 985. The van der Waals surface area contributed by atoms with Crippen LogP contribution in [0.4, 0.5) is 5.69 Å². The van der Waals surface area contributed by atoms with Crippen molar-refractivity contribution in [3.05, 3.63) is 75.2 Å². The first-order valence-electron chi connectivity index (χ1n) is 8.41. The van der Waals surface area contributed by atoms with Crippen molar-refractivity contribution in [1.29, 1.82) is 0 Å². The molecule has 2 N–H and O–H groups in total. The number of rotatable bonds is 7. The Morgan fingerprint density at radius 2 is 2.04 bits per heavy atom. The molecule has 8 heteroatoms. The van der Waals surface area contributed by atoms with Crippen molar-refractivity contribution in [2.75, 3.05) is 11.1 Å². The highest BCUT2D eigenvalue weighted by molar-refractivity contribution is 7.99. The molecule has 3 rings (SSSR count). The Morgan fingerprint density at radius 1 is 1.26 bits per heavy atom. The second-order valence-electron chi connectivity index (χ2n) is 5.99. The molecule has 0 radical (unpaired) electrons. The summed E-state index contributed by atoms with van der Waals surface area (Å²) in [5, 5.41) is 10.4. The zero-order valence-corrected chi connectivity index (χ0v) is 16.3. The fourth-order valence-electron chi connectivity index (χ4n) is 2.54. The molecule has 1 amide bonds. The van der Waals surface area contributed by atoms with Crippen LogP contribution in [0.5, 0.6) is 0 Å². The van der Waals surface area contributed by atoms with Crippen molar-refractivity contribution in [2.24, 2.45) is 0 Å². The topological polar surface area (TPSA) is 79.8 Å². The minimum atomic E-state index is -0.278. The first kappa shape index (κ1) is 19.3. The molecule has 0 saturated carbocycles. The fraction of sp³-hybridized carbons (Fsp3) is 0.211. The number of H-pyrrole nitrogens is 1. The molecule has 0 atom stereocenters. The molecule has 0 aliphatic heterocycles. The van der Waals surface area contributed by atoms with Gasteiger partial charge in [-0.05, 0) is 36.6 Å². The quantitative estimate of drug-likeness (QED) is 0.593. The minimum absolute atomic E-state index is 0.140. The van der Waals surface area contributed by atoms with Gasteiger partial charge in [0.1, 0.15) is 0 Å². The Labute approximate surface area is 165 Å². The van der Waals surface area contributed by atoms with Crippen molar-refractivity contribution in [3.8, 4) is 0 Å². The Hall–Kier alpha value is -2.51. The molecule has 0 aliphatic rings. The number of hydrogen-bond donors (Lipinski definition) is 2. The van der Waals surface area contributed by atoms with E-state index in [-0.39, 0.29) is 17.3 Å². The molecule has 2 aromatic carbocycles. The van der Waals surface area contributed by atoms with E-state index < -0.39 is 0 Å². The number of halogens is 1. The van der Waals surface area contributed by atoms with E-state index in [1.807, 2.05) is 43.3 Å². The molecule has 0 aliphatic carbocycles. The van der Waals surface area contributed by atoms with Crippen molar-refractivity contribution < 1.29 is 4.79 Å². The van der Waals surface area contributed by atoms with Crippen LogP contribution in [0.3, 0.4) is 0 Å². The molecule has 1 heterocycles. The van der Waals surface area contributed by atoms with Crippen LogP contribution in [0.2, 0.25) is 5.02 Å². The molecule has 0 unspecified atom stereocenters. The van der Waals surface area contributed by atoms with Crippen LogP contribution in [0.25, 0.3) is 0 Å². The standard InChI is InChI=1S/C19H19ClN4O2S/c1-13-7-8-15(20)11-16(13)21-17(25)12-27-19-23-22-18(26)24(19)10-9-14-5-3-2-4-6-14/h2-8,11H,9-10,12H2,1H3,(H,21,25)(H,22,26). The number of carbonyl (C=O) groups is 1. The largest absolute Gasteiger partial charge is 0.343 e. The summed E-state index contributed by atoms with van der Waals surface area (Å²) in [5.74, 6) is -0.0443. The number of nitrogens with one attached hydrogen (secondary N) is 2. The molecule has 0 saturated heterocycles. The smallest absolute Gasteiger partial charge is 0.325 e. The second-order valence-corrected chi connectivity index (χ2v) is 7.37. The first-order chi connectivity index (χ1) is 13.0. The third-order valence-corrected chi connectivity index (χ3v) is 5.21. The van der Waals surface area contributed by atoms with Gasteiger partial charge in [0.25, 0.3) is 0 Å². The number of anilines is 1. The number of aromatic amines is 1. The molecule has 1 aromatic heterocycles. The molecule has 3 aromatic rings. The maximum Gasteiger partial charge on any atom is 0.343 e. The predicted octanol–water partition coefficient (Wildman–Crippen LogP) is 3.51. The monoisotopic (exact) mass is 402 g/mol. The number of thioether (sulfide) groups is 1. The molecule has 0 bridgehead atoms. The van der Waals surface area contributed by atoms with Crippen LogP contribution < -0.4 is 11.0 Å². The summed E-state index contributed by atoms with van der Waals surface area (Å²) in [7, 11) is 0. The predicted molar refractivity (Wildman–Crippen MR) is 109 cm³/mol. The van der Waals surface area contributed by atoms with Gasteiger partial charge in [-0.25, -0.2) is 9.89 Å². The van der Waals surface area contributed by atoms with Gasteiger partial charge in [-0.3, -0.25) is 9.36 Å². The van der Waals surface area contributed by atoms with Crippen LogP contribution in [-0.2, 0) is 17.8 Å².